The highest BCUT2D eigenvalue weighted by atomic mass is 16.7. The van der Waals surface area contributed by atoms with Crippen LogP contribution in [0.25, 0.3) is 11.3 Å². The molecule has 2 heterocycles. The van der Waals surface area contributed by atoms with Gasteiger partial charge < -0.3 is 19.3 Å². The Bertz CT molecular complexity index is 665. The highest BCUT2D eigenvalue weighted by molar-refractivity contribution is 5.87. The maximum atomic E-state index is 10.9. The maximum absolute atomic E-state index is 10.9. The van der Waals surface area contributed by atoms with Crippen molar-refractivity contribution in [2.24, 2.45) is 0 Å². The van der Waals surface area contributed by atoms with E-state index in [1.807, 2.05) is 0 Å². The van der Waals surface area contributed by atoms with Crippen molar-refractivity contribution < 1.29 is 24.1 Å². The molecule has 2 N–H and O–H groups in total. The highest BCUT2D eigenvalue weighted by Crippen LogP contribution is 2.37. The number of H-pyrrole nitrogens is 1. The summed E-state index contributed by atoms with van der Waals surface area (Å²) in [5.41, 5.74) is 2.05. The van der Waals surface area contributed by atoms with E-state index in [4.69, 9.17) is 19.3 Å². The molecule has 1 aliphatic rings. The molecule has 0 spiro atoms. The number of carboxylic acid groups (broad SMARTS) is 1. The van der Waals surface area contributed by atoms with Crippen LogP contribution in [0.4, 0.5) is 0 Å². The minimum Gasteiger partial charge on any atom is -0.496 e. The maximum Gasteiger partial charge on any atom is 0.353 e. The van der Waals surface area contributed by atoms with Gasteiger partial charge in [0.2, 0.25) is 0 Å². The van der Waals surface area contributed by atoms with Gasteiger partial charge in [0.25, 0.3) is 0 Å². The third kappa shape index (κ3) is 2.08. The van der Waals surface area contributed by atoms with Crippen LogP contribution in [0, 0.1) is 0 Å². The minimum absolute atomic E-state index is 0.0176. The summed E-state index contributed by atoms with van der Waals surface area (Å²) >= 11 is 0. The van der Waals surface area contributed by atoms with E-state index in [1.54, 1.807) is 19.2 Å². The predicted molar refractivity (Wildman–Crippen MR) is 67.8 cm³/mol. The molecule has 0 amide bonds. The van der Waals surface area contributed by atoms with E-state index < -0.39 is 5.97 Å². The topological polar surface area (TPSA) is 93.7 Å². The largest absolute Gasteiger partial charge is 0.496 e. The summed E-state index contributed by atoms with van der Waals surface area (Å²) < 4.78 is 15.9. The van der Waals surface area contributed by atoms with E-state index in [0.29, 0.717) is 29.4 Å². The molecule has 104 valence electrons. The lowest BCUT2D eigenvalue weighted by Crippen LogP contribution is -2.11. The van der Waals surface area contributed by atoms with Crippen LogP contribution in [0.15, 0.2) is 18.2 Å². The summed E-state index contributed by atoms with van der Waals surface area (Å²) in [7, 11) is 1.54. The first-order valence-electron chi connectivity index (χ1n) is 5.89. The minimum atomic E-state index is -1.06. The number of ether oxygens (including phenoxy) is 3. The first kappa shape index (κ1) is 12.5. The molecule has 0 fully saturated rings. The van der Waals surface area contributed by atoms with Gasteiger partial charge in [-0.1, -0.05) is 0 Å². The highest BCUT2D eigenvalue weighted by Gasteiger charge is 2.19. The zero-order chi connectivity index (χ0) is 14.1. The quantitative estimate of drug-likeness (QED) is 0.885. The Morgan fingerprint density at radius 2 is 2.30 bits per heavy atom. The van der Waals surface area contributed by atoms with Crippen LogP contribution in [0.1, 0.15) is 16.1 Å². The van der Waals surface area contributed by atoms with Crippen LogP contribution in [0.5, 0.6) is 11.5 Å². The molecule has 0 saturated carbocycles. The Labute approximate surface area is 114 Å². The molecule has 1 aromatic heterocycles. The first-order valence-corrected chi connectivity index (χ1v) is 5.89. The number of aromatic nitrogens is 2. The number of nitrogens with zero attached hydrogens (tertiary/aromatic N) is 1. The lowest BCUT2D eigenvalue weighted by molar-refractivity contribution is -0.0164. The number of carboxylic acids is 1. The van der Waals surface area contributed by atoms with Crippen LogP contribution in [0.2, 0.25) is 0 Å². The summed E-state index contributed by atoms with van der Waals surface area (Å²) in [4.78, 5) is 10.9. The molecule has 0 radical (unpaired) electrons. The van der Waals surface area contributed by atoms with Crippen molar-refractivity contribution in [3.05, 3.63) is 29.5 Å². The number of hydrogen-bond acceptors (Lipinski definition) is 5. The fourth-order valence-electron chi connectivity index (χ4n) is 2.04. The number of benzene rings is 1. The summed E-state index contributed by atoms with van der Waals surface area (Å²) in [6.07, 6.45) is 0. The molecular formula is C13H12N2O5. The summed E-state index contributed by atoms with van der Waals surface area (Å²) in [5, 5.41) is 15.4. The van der Waals surface area contributed by atoms with Crippen molar-refractivity contribution in [3.63, 3.8) is 0 Å². The third-order valence-electron chi connectivity index (χ3n) is 3.02. The number of fused-ring (bicyclic) bond motifs is 1. The Morgan fingerprint density at radius 3 is 3.00 bits per heavy atom. The molecule has 0 saturated heterocycles. The van der Waals surface area contributed by atoms with Crippen molar-refractivity contribution in [2.45, 2.75) is 6.61 Å². The van der Waals surface area contributed by atoms with Gasteiger partial charge in [-0.3, -0.25) is 5.10 Å². The second-order valence-corrected chi connectivity index (χ2v) is 4.24. The van der Waals surface area contributed by atoms with Gasteiger partial charge >= 0.3 is 5.97 Å². The molecule has 20 heavy (non-hydrogen) atoms. The van der Waals surface area contributed by atoms with Gasteiger partial charge in [0, 0.05) is 11.1 Å². The average Bonchev–Trinajstić information content (AvgIpc) is 2.95. The Morgan fingerprint density at radius 1 is 1.45 bits per heavy atom. The predicted octanol–water partition coefficient (Wildman–Crippen LogP) is 1.65. The molecule has 0 unspecified atom stereocenters. The van der Waals surface area contributed by atoms with E-state index >= 15 is 0 Å². The second-order valence-electron chi connectivity index (χ2n) is 4.24. The molecule has 1 aromatic carbocycles. The van der Waals surface area contributed by atoms with Gasteiger partial charge in [-0.25, -0.2) is 4.79 Å². The number of rotatable bonds is 3. The van der Waals surface area contributed by atoms with Gasteiger partial charge in [-0.15, -0.1) is 0 Å². The third-order valence-corrected chi connectivity index (χ3v) is 3.02. The van der Waals surface area contributed by atoms with Crippen molar-refractivity contribution in [1.82, 2.24) is 10.2 Å². The van der Waals surface area contributed by atoms with Crippen molar-refractivity contribution in [2.75, 3.05) is 13.9 Å². The molecular weight excluding hydrogens is 264 g/mol. The van der Waals surface area contributed by atoms with Gasteiger partial charge in [0.05, 0.1) is 19.4 Å². The SMILES string of the molecule is COc1cc2c(cc1-c1cc(C(=O)O)[nH]n1)OCOC2. The summed E-state index contributed by atoms with van der Waals surface area (Å²) in [5.74, 6) is 0.207. The second kappa shape index (κ2) is 4.86. The molecule has 3 rings (SSSR count). The van der Waals surface area contributed by atoms with E-state index in [9.17, 15) is 4.79 Å². The molecule has 0 atom stereocenters. The lowest BCUT2D eigenvalue weighted by atomic mass is 10.1. The standard InChI is InChI=1S/C13H12N2O5/c1-18-12-2-7-5-19-6-20-11(7)3-8(12)9-4-10(13(16)17)15-14-9/h2-4H,5-6H2,1H3,(H,14,15)(H,16,17). The zero-order valence-corrected chi connectivity index (χ0v) is 10.7. The van der Waals surface area contributed by atoms with E-state index in [2.05, 4.69) is 10.2 Å². The number of hydrogen-bond donors (Lipinski definition) is 2. The Kier molecular flexibility index (Phi) is 3.03. The molecule has 0 aliphatic carbocycles. The zero-order valence-electron chi connectivity index (χ0n) is 10.7. The smallest absolute Gasteiger partial charge is 0.353 e. The monoisotopic (exact) mass is 276 g/mol. The van der Waals surface area contributed by atoms with E-state index in [-0.39, 0.29) is 12.5 Å². The van der Waals surface area contributed by atoms with Crippen molar-refractivity contribution in [1.29, 1.82) is 0 Å². The van der Waals surface area contributed by atoms with Crippen LogP contribution in [-0.2, 0) is 11.3 Å². The Hall–Kier alpha value is -2.54. The van der Waals surface area contributed by atoms with Crippen LogP contribution >= 0.6 is 0 Å². The van der Waals surface area contributed by atoms with Crippen LogP contribution in [-0.4, -0.2) is 35.2 Å². The molecule has 7 heteroatoms. The van der Waals surface area contributed by atoms with Gasteiger partial charge in [-0.05, 0) is 18.2 Å². The fraction of sp³-hybridized carbons (Fsp3) is 0.231. The van der Waals surface area contributed by atoms with Crippen molar-refractivity contribution >= 4 is 5.97 Å². The molecule has 0 bridgehead atoms. The molecule has 7 nitrogen and oxygen atoms in total. The number of nitrogens with one attached hydrogen (secondary N) is 1. The van der Waals surface area contributed by atoms with E-state index in [0.717, 1.165) is 5.56 Å². The van der Waals surface area contributed by atoms with Gasteiger partial charge in [0.15, 0.2) is 6.79 Å². The van der Waals surface area contributed by atoms with E-state index in [1.165, 1.54) is 6.07 Å². The summed E-state index contributed by atoms with van der Waals surface area (Å²) in [6, 6.07) is 5.03. The average molecular weight is 276 g/mol. The van der Waals surface area contributed by atoms with Crippen LogP contribution in [0.3, 0.4) is 0 Å². The van der Waals surface area contributed by atoms with Gasteiger partial charge in [0.1, 0.15) is 17.2 Å². The van der Waals surface area contributed by atoms with Crippen LogP contribution < -0.4 is 9.47 Å². The number of methoxy groups -OCH3 is 1. The number of carbonyl (C=O) groups is 1. The fourth-order valence-corrected chi connectivity index (χ4v) is 2.04. The molecule has 1 aliphatic heterocycles. The Balaban J connectivity index is 2.08. The summed E-state index contributed by atoms with van der Waals surface area (Å²) in [6.45, 7) is 0.645. The first-order chi connectivity index (χ1) is 9.69. The lowest BCUT2D eigenvalue weighted by Gasteiger charge is -2.19. The number of aromatic amines is 1. The van der Waals surface area contributed by atoms with Crippen molar-refractivity contribution in [3.8, 4) is 22.8 Å². The molecule has 2 aromatic rings. The number of aromatic carboxylic acids is 1. The normalized spacial score (nSPS) is 13.4. The van der Waals surface area contributed by atoms with Gasteiger partial charge in [-0.2, -0.15) is 5.10 Å².